The number of carbonyl (C=O) groups is 1. The minimum atomic E-state index is -0.514. The average Bonchev–Trinajstić information content (AvgIpc) is 2.40. The summed E-state index contributed by atoms with van der Waals surface area (Å²) in [7, 11) is 0. The quantitative estimate of drug-likeness (QED) is 0.380. The molecule has 0 amide bonds. The van der Waals surface area contributed by atoms with Gasteiger partial charge in [-0.3, -0.25) is 14.9 Å². The maximum Gasteiger partial charge on any atom is 0.315 e. The molecule has 6 nitrogen and oxygen atoms in total. The number of hydrogen-bond donors (Lipinski definition) is 1. The number of piperidine rings is 1. The number of nitrogens with zero attached hydrogens (tertiary/aromatic N) is 1. The Hall–Kier alpha value is -1.95. The zero-order valence-corrected chi connectivity index (χ0v) is 9.80. The highest BCUT2D eigenvalue weighted by Crippen LogP contribution is 2.21. The summed E-state index contributed by atoms with van der Waals surface area (Å²) in [6, 6.07) is 5.66. The highest BCUT2D eigenvalue weighted by Gasteiger charge is 2.23. The van der Waals surface area contributed by atoms with E-state index >= 15 is 0 Å². The van der Waals surface area contributed by atoms with Gasteiger partial charge in [0, 0.05) is 12.6 Å². The Balaban J connectivity index is 2.02. The van der Waals surface area contributed by atoms with Gasteiger partial charge in [0.2, 0.25) is 0 Å². The molecule has 1 aromatic rings. The van der Waals surface area contributed by atoms with Crippen LogP contribution in [0.1, 0.15) is 12.8 Å². The second-order valence-corrected chi connectivity index (χ2v) is 4.22. The molecule has 6 heteroatoms. The van der Waals surface area contributed by atoms with Gasteiger partial charge in [0.25, 0.3) is 5.69 Å². The molecule has 1 aliphatic heterocycles. The summed E-state index contributed by atoms with van der Waals surface area (Å²) >= 11 is 0. The Morgan fingerprint density at radius 2 is 2.33 bits per heavy atom. The standard InChI is InChI=1S/C12H14N2O4/c15-12(9-3-2-6-13-8-9)18-11-5-1-4-10(7-11)14(16)17/h1,4-5,7,9,13H,2-3,6,8H2/t9-/m1/s1. The number of benzene rings is 1. The molecule has 96 valence electrons. The van der Waals surface area contributed by atoms with Crippen LogP contribution >= 0.6 is 0 Å². The molecule has 18 heavy (non-hydrogen) atoms. The van der Waals surface area contributed by atoms with Crippen molar-refractivity contribution in [3.8, 4) is 5.75 Å². The zero-order chi connectivity index (χ0) is 13.0. The summed E-state index contributed by atoms with van der Waals surface area (Å²) < 4.78 is 5.16. The Morgan fingerprint density at radius 3 is 3.00 bits per heavy atom. The second kappa shape index (κ2) is 5.59. The summed E-state index contributed by atoms with van der Waals surface area (Å²) in [5.74, 6) is -0.277. The lowest BCUT2D eigenvalue weighted by Crippen LogP contribution is -2.36. The zero-order valence-electron chi connectivity index (χ0n) is 9.80. The Bertz CT molecular complexity index is 455. The minimum absolute atomic E-state index is 0.0814. The third kappa shape index (κ3) is 3.04. The maximum absolute atomic E-state index is 11.8. The lowest BCUT2D eigenvalue weighted by Gasteiger charge is -2.20. The Morgan fingerprint density at radius 1 is 1.50 bits per heavy atom. The third-order valence-corrected chi connectivity index (χ3v) is 2.88. The third-order valence-electron chi connectivity index (χ3n) is 2.88. The number of rotatable bonds is 3. The highest BCUT2D eigenvalue weighted by molar-refractivity contribution is 5.75. The number of esters is 1. The van der Waals surface area contributed by atoms with E-state index in [0.717, 1.165) is 19.4 Å². The number of nitro benzene ring substituents is 1. The van der Waals surface area contributed by atoms with E-state index in [4.69, 9.17) is 4.74 Å². The van der Waals surface area contributed by atoms with E-state index in [0.29, 0.717) is 6.54 Å². The molecule has 1 heterocycles. The Labute approximate surface area is 104 Å². The first-order valence-electron chi connectivity index (χ1n) is 5.83. The number of nitro groups is 1. The van der Waals surface area contributed by atoms with E-state index in [1.807, 2.05) is 0 Å². The molecule has 0 saturated carbocycles. The van der Waals surface area contributed by atoms with Crippen LogP contribution in [-0.2, 0) is 4.79 Å². The summed E-state index contributed by atoms with van der Waals surface area (Å²) in [6.45, 7) is 1.52. The van der Waals surface area contributed by atoms with Gasteiger partial charge in [-0.05, 0) is 25.5 Å². The molecule has 0 radical (unpaired) electrons. The fourth-order valence-electron chi connectivity index (χ4n) is 1.91. The van der Waals surface area contributed by atoms with Crippen LogP contribution in [0.25, 0.3) is 0 Å². The lowest BCUT2D eigenvalue weighted by molar-refractivity contribution is -0.384. The van der Waals surface area contributed by atoms with Crippen LogP contribution in [0.15, 0.2) is 24.3 Å². The van der Waals surface area contributed by atoms with Gasteiger partial charge in [0.15, 0.2) is 0 Å². The highest BCUT2D eigenvalue weighted by atomic mass is 16.6. The van der Waals surface area contributed by atoms with Gasteiger partial charge in [-0.1, -0.05) is 6.07 Å². The van der Waals surface area contributed by atoms with Gasteiger partial charge < -0.3 is 10.1 Å². The maximum atomic E-state index is 11.8. The predicted octanol–water partition coefficient (Wildman–Crippen LogP) is 1.50. The second-order valence-electron chi connectivity index (χ2n) is 4.22. The van der Waals surface area contributed by atoms with Gasteiger partial charge in [0.1, 0.15) is 5.75 Å². The first-order valence-corrected chi connectivity index (χ1v) is 5.83. The monoisotopic (exact) mass is 250 g/mol. The molecule has 2 rings (SSSR count). The van der Waals surface area contributed by atoms with Gasteiger partial charge in [0.05, 0.1) is 16.9 Å². The van der Waals surface area contributed by atoms with Crippen LogP contribution in [0.3, 0.4) is 0 Å². The molecule has 1 aromatic carbocycles. The van der Waals surface area contributed by atoms with Crippen molar-refractivity contribution in [3.63, 3.8) is 0 Å². The fraction of sp³-hybridized carbons (Fsp3) is 0.417. The molecule has 1 saturated heterocycles. The molecule has 0 unspecified atom stereocenters. The van der Waals surface area contributed by atoms with E-state index in [9.17, 15) is 14.9 Å². The van der Waals surface area contributed by atoms with Gasteiger partial charge in [-0.15, -0.1) is 0 Å². The van der Waals surface area contributed by atoms with Crippen molar-refractivity contribution in [1.29, 1.82) is 0 Å². The number of ether oxygens (including phenoxy) is 1. The van der Waals surface area contributed by atoms with Crippen molar-refractivity contribution >= 4 is 11.7 Å². The molecule has 0 spiro atoms. The van der Waals surface area contributed by atoms with Crippen LogP contribution in [-0.4, -0.2) is 24.0 Å². The molecular formula is C12H14N2O4. The lowest BCUT2D eigenvalue weighted by atomic mass is 10.0. The molecular weight excluding hydrogens is 236 g/mol. The van der Waals surface area contributed by atoms with Gasteiger partial charge >= 0.3 is 5.97 Å². The topological polar surface area (TPSA) is 81.5 Å². The molecule has 0 bridgehead atoms. The van der Waals surface area contributed by atoms with Crippen LogP contribution in [0.2, 0.25) is 0 Å². The van der Waals surface area contributed by atoms with Crippen molar-refractivity contribution in [3.05, 3.63) is 34.4 Å². The Kier molecular flexibility index (Phi) is 3.88. The number of hydrogen-bond acceptors (Lipinski definition) is 5. The van der Waals surface area contributed by atoms with E-state index in [1.165, 1.54) is 18.2 Å². The molecule has 1 atom stereocenters. The molecule has 0 aliphatic carbocycles. The molecule has 0 aromatic heterocycles. The fourth-order valence-corrected chi connectivity index (χ4v) is 1.91. The first-order chi connectivity index (χ1) is 8.66. The van der Waals surface area contributed by atoms with Crippen LogP contribution in [0.4, 0.5) is 5.69 Å². The van der Waals surface area contributed by atoms with Gasteiger partial charge in [-0.2, -0.15) is 0 Å². The van der Waals surface area contributed by atoms with Crippen LogP contribution in [0, 0.1) is 16.0 Å². The largest absolute Gasteiger partial charge is 0.426 e. The first kappa shape index (κ1) is 12.5. The van der Waals surface area contributed by atoms with Crippen molar-refractivity contribution < 1.29 is 14.5 Å². The molecule has 1 fully saturated rings. The molecule has 1 N–H and O–H groups in total. The SMILES string of the molecule is O=C(Oc1cccc([N+](=O)[O-])c1)[C@@H]1CCCNC1. The average molecular weight is 250 g/mol. The number of non-ortho nitro benzene ring substituents is 1. The van der Waals surface area contributed by atoms with Crippen LogP contribution < -0.4 is 10.1 Å². The van der Waals surface area contributed by atoms with Crippen molar-refractivity contribution in [2.75, 3.05) is 13.1 Å². The summed E-state index contributed by atoms with van der Waals surface area (Å²) in [5, 5.41) is 13.7. The summed E-state index contributed by atoms with van der Waals surface area (Å²) in [5.41, 5.74) is -0.0814. The molecule has 1 aliphatic rings. The number of nitrogens with one attached hydrogen (secondary N) is 1. The minimum Gasteiger partial charge on any atom is -0.426 e. The summed E-state index contributed by atoms with van der Waals surface area (Å²) in [6.07, 6.45) is 1.73. The number of carbonyl (C=O) groups excluding carboxylic acids is 1. The van der Waals surface area contributed by atoms with Gasteiger partial charge in [-0.25, -0.2) is 0 Å². The predicted molar refractivity (Wildman–Crippen MR) is 64.3 cm³/mol. The van der Waals surface area contributed by atoms with E-state index in [2.05, 4.69) is 5.32 Å². The van der Waals surface area contributed by atoms with E-state index in [1.54, 1.807) is 6.07 Å². The van der Waals surface area contributed by atoms with Crippen molar-refractivity contribution in [2.45, 2.75) is 12.8 Å². The smallest absolute Gasteiger partial charge is 0.315 e. The van der Waals surface area contributed by atoms with E-state index < -0.39 is 4.92 Å². The van der Waals surface area contributed by atoms with E-state index in [-0.39, 0.29) is 23.3 Å². The normalized spacial score (nSPS) is 19.2. The van der Waals surface area contributed by atoms with Crippen molar-refractivity contribution in [1.82, 2.24) is 5.32 Å². The van der Waals surface area contributed by atoms with Crippen molar-refractivity contribution in [2.24, 2.45) is 5.92 Å². The summed E-state index contributed by atoms with van der Waals surface area (Å²) in [4.78, 5) is 21.9. The van der Waals surface area contributed by atoms with Crippen LogP contribution in [0.5, 0.6) is 5.75 Å².